The van der Waals surface area contributed by atoms with Crippen LogP contribution in [0, 0.1) is 0 Å². The van der Waals surface area contributed by atoms with Crippen LogP contribution in [0.5, 0.6) is 5.75 Å². The highest BCUT2D eigenvalue weighted by atomic mass is 35.5. The molecule has 3 nitrogen and oxygen atoms in total. The molecule has 0 spiro atoms. The van der Waals surface area contributed by atoms with Gasteiger partial charge >= 0.3 is 0 Å². The largest absolute Gasteiger partial charge is 0.492 e. The lowest BCUT2D eigenvalue weighted by atomic mass is 10.3. The fourth-order valence-electron chi connectivity index (χ4n) is 1.40. The van der Waals surface area contributed by atoms with Gasteiger partial charge in [0.25, 0.3) is 0 Å². The minimum absolute atomic E-state index is 0.231. The van der Waals surface area contributed by atoms with Gasteiger partial charge in [-0.25, -0.2) is 0 Å². The molecule has 0 amide bonds. The van der Waals surface area contributed by atoms with Crippen molar-refractivity contribution >= 4 is 23.2 Å². The molecule has 1 rings (SSSR count). The molecule has 0 unspecified atom stereocenters. The molecule has 0 radical (unpaired) electrons. The summed E-state index contributed by atoms with van der Waals surface area (Å²) in [6.45, 7) is 2.63. The lowest BCUT2D eigenvalue weighted by molar-refractivity contribution is -0.656. The molecule has 1 aromatic rings. The van der Waals surface area contributed by atoms with Crippen LogP contribution in [0.4, 0.5) is 0 Å². The second-order valence-electron chi connectivity index (χ2n) is 3.70. The fraction of sp³-hybridized carbons (Fsp3) is 0.500. The van der Waals surface area contributed by atoms with Crippen LogP contribution in [0.15, 0.2) is 18.2 Å². The Kier molecular flexibility index (Phi) is 7.37. The normalized spacial score (nSPS) is 10.5. The van der Waals surface area contributed by atoms with Crippen molar-refractivity contribution in [2.45, 2.75) is 12.8 Å². The third-order valence-electron chi connectivity index (χ3n) is 2.31. The maximum absolute atomic E-state index is 8.59. The predicted molar refractivity (Wildman–Crippen MR) is 69.9 cm³/mol. The van der Waals surface area contributed by atoms with E-state index in [0.717, 1.165) is 25.9 Å². The van der Waals surface area contributed by atoms with Gasteiger partial charge in [0.15, 0.2) is 0 Å². The van der Waals surface area contributed by atoms with Crippen molar-refractivity contribution in [1.29, 1.82) is 0 Å². The van der Waals surface area contributed by atoms with Crippen molar-refractivity contribution in [2.24, 2.45) is 0 Å². The monoisotopic (exact) mass is 278 g/mol. The molecule has 0 aliphatic rings. The molecule has 0 fully saturated rings. The zero-order valence-corrected chi connectivity index (χ0v) is 11.2. The average Bonchev–Trinajstić information content (AvgIpc) is 2.33. The number of hydrogen-bond donors (Lipinski definition) is 2. The molecule has 3 N–H and O–H groups in total. The van der Waals surface area contributed by atoms with Crippen molar-refractivity contribution in [3.05, 3.63) is 28.2 Å². The van der Waals surface area contributed by atoms with Crippen molar-refractivity contribution in [3.8, 4) is 5.75 Å². The highest BCUT2D eigenvalue weighted by Crippen LogP contribution is 2.31. The molecule has 1 aromatic carbocycles. The molecular weight excluding hydrogens is 261 g/mol. The van der Waals surface area contributed by atoms with Gasteiger partial charge in [-0.2, -0.15) is 0 Å². The van der Waals surface area contributed by atoms with Crippen LogP contribution in [0.25, 0.3) is 0 Å². The Morgan fingerprint density at radius 3 is 2.76 bits per heavy atom. The van der Waals surface area contributed by atoms with Crippen LogP contribution in [0.3, 0.4) is 0 Å². The molecule has 0 heterocycles. The van der Waals surface area contributed by atoms with Crippen molar-refractivity contribution in [3.63, 3.8) is 0 Å². The number of hydrogen-bond acceptors (Lipinski definition) is 2. The molecule has 0 bridgehead atoms. The lowest BCUT2D eigenvalue weighted by Gasteiger charge is -2.08. The number of quaternary nitrogens is 1. The highest BCUT2D eigenvalue weighted by Gasteiger charge is 2.04. The van der Waals surface area contributed by atoms with Gasteiger partial charge in [0.1, 0.15) is 10.8 Å². The minimum atomic E-state index is 0.231. The van der Waals surface area contributed by atoms with Gasteiger partial charge in [-0.05, 0) is 25.0 Å². The molecular formula is C12H18Cl2NO2+. The van der Waals surface area contributed by atoms with Gasteiger partial charge in [0.2, 0.25) is 0 Å². The van der Waals surface area contributed by atoms with Crippen molar-refractivity contribution in [1.82, 2.24) is 0 Å². The minimum Gasteiger partial charge on any atom is -0.492 e. The molecule has 0 saturated carbocycles. The van der Waals surface area contributed by atoms with E-state index < -0.39 is 0 Å². The summed E-state index contributed by atoms with van der Waals surface area (Å²) in [5.41, 5.74) is 0. The number of unbranched alkanes of at least 4 members (excludes halogenated alkanes) is 1. The zero-order chi connectivity index (χ0) is 12.5. The van der Waals surface area contributed by atoms with Gasteiger partial charge in [0.05, 0.1) is 31.3 Å². The highest BCUT2D eigenvalue weighted by molar-refractivity contribution is 6.42. The van der Waals surface area contributed by atoms with Gasteiger partial charge in [-0.15, -0.1) is 0 Å². The first-order valence-corrected chi connectivity index (χ1v) is 6.50. The van der Waals surface area contributed by atoms with E-state index >= 15 is 0 Å². The summed E-state index contributed by atoms with van der Waals surface area (Å²) >= 11 is 11.9. The summed E-state index contributed by atoms with van der Waals surface area (Å²) in [6, 6.07) is 5.37. The van der Waals surface area contributed by atoms with Crippen LogP contribution in [0.2, 0.25) is 10.0 Å². The Labute approximate surface area is 112 Å². The second kappa shape index (κ2) is 8.59. The molecule has 0 aromatic heterocycles. The first kappa shape index (κ1) is 14.6. The fourth-order valence-corrected chi connectivity index (χ4v) is 1.75. The van der Waals surface area contributed by atoms with E-state index in [4.69, 9.17) is 33.0 Å². The molecule has 96 valence electrons. The van der Waals surface area contributed by atoms with Crippen LogP contribution >= 0.6 is 23.2 Å². The summed E-state index contributed by atoms with van der Waals surface area (Å²) < 4.78 is 5.54. The van der Waals surface area contributed by atoms with E-state index in [-0.39, 0.29) is 6.61 Å². The number of benzene rings is 1. The third kappa shape index (κ3) is 5.59. The Hall–Kier alpha value is -0.480. The predicted octanol–water partition coefficient (Wildman–Crippen LogP) is 1.71. The zero-order valence-electron chi connectivity index (χ0n) is 9.66. The third-order valence-corrected chi connectivity index (χ3v) is 3.11. The summed E-state index contributed by atoms with van der Waals surface area (Å²) in [5, 5.41) is 11.7. The molecule has 0 aliphatic heterocycles. The molecule has 0 atom stereocenters. The smallest absolute Gasteiger partial charge is 0.139 e. The summed E-state index contributed by atoms with van der Waals surface area (Å²) in [4.78, 5) is 0. The number of ether oxygens (including phenoxy) is 1. The second-order valence-corrected chi connectivity index (χ2v) is 4.48. The molecule has 17 heavy (non-hydrogen) atoms. The number of rotatable bonds is 8. The summed E-state index contributed by atoms with van der Waals surface area (Å²) in [5.74, 6) is 0.638. The Morgan fingerprint density at radius 1 is 1.18 bits per heavy atom. The van der Waals surface area contributed by atoms with E-state index in [1.54, 1.807) is 6.07 Å². The summed E-state index contributed by atoms with van der Waals surface area (Å²) in [7, 11) is 0. The Bertz CT molecular complexity index is 334. The van der Waals surface area contributed by atoms with Gasteiger partial charge in [-0.3, -0.25) is 0 Å². The maximum atomic E-state index is 8.59. The van der Waals surface area contributed by atoms with Crippen LogP contribution < -0.4 is 10.1 Å². The summed E-state index contributed by atoms with van der Waals surface area (Å²) in [6.07, 6.45) is 2.02. The van der Waals surface area contributed by atoms with E-state index in [2.05, 4.69) is 5.32 Å². The van der Waals surface area contributed by atoms with Gasteiger partial charge < -0.3 is 15.2 Å². The van der Waals surface area contributed by atoms with Gasteiger partial charge in [0, 0.05) is 0 Å². The van der Waals surface area contributed by atoms with E-state index in [1.807, 2.05) is 12.1 Å². The number of nitrogens with two attached hydrogens (primary N) is 1. The molecule has 5 heteroatoms. The average molecular weight is 279 g/mol. The van der Waals surface area contributed by atoms with E-state index in [0.29, 0.717) is 22.4 Å². The topological polar surface area (TPSA) is 46.1 Å². The number of aliphatic hydroxyl groups excluding tert-OH is 1. The lowest BCUT2D eigenvalue weighted by Crippen LogP contribution is -2.85. The van der Waals surface area contributed by atoms with Gasteiger partial charge in [-0.1, -0.05) is 29.3 Å². The maximum Gasteiger partial charge on any atom is 0.139 e. The molecule has 0 saturated heterocycles. The van der Waals surface area contributed by atoms with E-state index in [9.17, 15) is 0 Å². The Balaban J connectivity index is 2.16. The van der Waals surface area contributed by atoms with Crippen molar-refractivity contribution in [2.75, 3.05) is 26.3 Å². The van der Waals surface area contributed by atoms with Crippen LogP contribution in [-0.2, 0) is 0 Å². The van der Waals surface area contributed by atoms with Crippen LogP contribution in [0.1, 0.15) is 12.8 Å². The molecule has 0 aliphatic carbocycles. The number of halogens is 2. The van der Waals surface area contributed by atoms with Crippen molar-refractivity contribution < 1.29 is 15.2 Å². The van der Waals surface area contributed by atoms with E-state index in [1.165, 1.54) is 0 Å². The first-order chi connectivity index (χ1) is 8.25. The standard InChI is InChI=1S/C12H17Cl2NO2/c13-10-4-3-5-11(12(10)14)17-9-2-1-6-15-7-8-16/h3-5,15-16H,1-2,6-9H2/p+1. The quantitative estimate of drug-likeness (QED) is 0.712. The first-order valence-electron chi connectivity index (χ1n) is 5.75. The Morgan fingerprint density at radius 2 is 2.00 bits per heavy atom. The number of aliphatic hydroxyl groups is 1. The van der Waals surface area contributed by atoms with Crippen LogP contribution in [-0.4, -0.2) is 31.4 Å². The SMILES string of the molecule is OCC[NH2+]CCCCOc1cccc(Cl)c1Cl.